The quantitative estimate of drug-likeness (QED) is 0.327. The highest BCUT2D eigenvalue weighted by Crippen LogP contribution is 2.44. The summed E-state index contributed by atoms with van der Waals surface area (Å²) in [6.07, 6.45) is -3.11. The van der Waals surface area contributed by atoms with Gasteiger partial charge in [-0.05, 0) is 51.5 Å². The molecular formula is C29H34Cl3F2N3O6. The molecule has 1 unspecified atom stereocenters. The number of benzene rings is 2. The zero-order chi connectivity index (χ0) is 29.3. The Morgan fingerprint density at radius 2 is 2.00 bits per heavy atom. The number of nitrogens with one attached hydrogen (secondary N) is 1. The third-order valence-corrected chi connectivity index (χ3v) is 8.08. The van der Waals surface area contributed by atoms with Crippen molar-refractivity contribution in [3.63, 3.8) is 0 Å². The molecule has 2 aromatic carbocycles. The molecule has 3 heterocycles. The number of β-amino-alcohol motifs (C(OH)–C–C–N with tert-alkyl or cyclic N) is 1. The van der Waals surface area contributed by atoms with Crippen LogP contribution in [0.1, 0.15) is 30.7 Å². The minimum atomic E-state index is -2.79. The second-order valence-corrected chi connectivity index (χ2v) is 11.0. The number of likely N-dealkylation sites (tertiary alicyclic amines) is 1. The largest absolute Gasteiger partial charge is 0.507 e. The molecule has 3 aromatic rings. The molecule has 3 atom stereocenters. The number of aliphatic hydroxyl groups is 1. The molecule has 2 saturated heterocycles. The fourth-order valence-corrected chi connectivity index (χ4v) is 5.97. The maximum absolute atomic E-state index is 13.5. The molecule has 9 nitrogen and oxygen atoms in total. The van der Waals surface area contributed by atoms with Crippen molar-refractivity contribution in [3.8, 4) is 22.8 Å². The zero-order valence-corrected chi connectivity index (χ0v) is 25.7. The second-order valence-electron chi connectivity index (χ2n) is 10.6. The summed E-state index contributed by atoms with van der Waals surface area (Å²) in [4.78, 5) is 29.7. The van der Waals surface area contributed by atoms with Gasteiger partial charge in [0.15, 0.2) is 5.43 Å². The van der Waals surface area contributed by atoms with Gasteiger partial charge in [0.05, 0.1) is 17.7 Å². The number of halogens is 5. The van der Waals surface area contributed by atoms with E-state index >= 15 is 0 Å². The Kier molecular flexibility index (Phi) is 12.0. The van der Waals surface area contributed by atoms with Crippen LogP contribution >= 0.6 is 36.4 Å². The van der Waals surface area contributed by atoms with Crippen LogP contribution in [0.4, 0.5) is 13.6 Å². The zero-order valence-electron chi connectivity index (χ0n) is 23.3. The molecule has 2 fully saturated rings. The number of carbonyl (C=O) groups excluding carboxylic acids is 1. The van der Waals surface area contributed by atoms with Crippen LogP contribution in [0.2, 0.25) is 5.02 Å². The van der Waals surface area contributed by atoms with Crippen LogP contribution in [0.25, 0.3) is 22.3 Å². The lowest BCUT2D eigenvalue weighted by Crippen LogP contribution is -2.51. The Bertz CT molecular complexity index is 1490. The lowest BCUT2D eigenvalue weighted by molar-refractivity contribution is 0.0555. The van der Waals surface area contributed by atoms with Crippen LogP contribution < -0.4 is 15.5 Å². The molecule has 43 heavy (non-hydrogen) atoms. The van der Waals surface area contributed by atoms with Gasteiger partial charge in [0.1, 0.15) is 28.2 Å². The number of phenolic OH excluding ortho intramolecular Hbond substituents is 1. The summed E-state index contributed by atoms with van der Waals surface area (Å²) < 4.78 is 39.0. The number of fused-ring (bicyclic) bond motifs is 1. The first-order chi connectivity index (χ1) is 19.6. The van der Waals surface area contributed by atoms with Crippen molar-refractivity contribution in [2.75, 3.05) is 39.8 Å². The SMILES string of the molecule is CN1CC[C@H](c2c(OC(=O)N(CC(F)F)C3CCCNC3)cc(O)c3c(=O)cc(-c4ccccc4Cl)oc23)[C@H](O)C1.Cl.Cl. The summed E-state index contributed by atoms with van der Waals surface area (Å²) in [5.41, 5.74) is 0.00532. The molecule has 2 aliphatic heterocycles. The lowest BCUT2D eigenvalue weighted by Gasteiger charge is -2.36. The minimum absolute atomic E-state index is 0. The van der Waals surface area contributed by atoms with Gasteiger partial charge in [-0.2, -0.15) is 0 Å². The van der Waals surface area contributed by atoms with E-state index in [2.05, 4.69) is 5.32 Å². The highest BCUT2D eigenvalue weighted by Gasteiger charge is 2.36. The van der Waals surface area contributed by atoms with E-state index in [4.69, 9.17) is 20.8 Å². The normalized spacial score (nSPS) is 20.7. The van der Waals surface area contributed by atoms with Crippen LogP contribution in [0.3, 0.4) is 0 Å². The summed E-state index contributed by atoms with van der Waals surface area (Å²) in [5.74, 6) is -1.21. The fraction of sp³-hybridized carbons (Fsp3) is 0.448. The standard InChI is InChI=1S/C29H32ClF2N3O6.2ClH/c1-34-10-8-18(22(38)14-34)26-24(41-29(39)35(15-25(31)32)16-5-4-9-33-13-16)12-21(37)27-20(36)11-23(40-28(26)27)17-6-2-3-7-19(17)30;;/h2-3,6-7,11-12,16,18,22,25,33,37-38H,4-5,8-10,13-15H2,1H3;2*1H/t16?,18-,22+;;/m0../s1. The van der Waals surface area contributed by atoms with E-state index in [0.29, 0.717) is 49.5 Å². The van der Waals surface area contributed by atoms with Gasteiger partial charge in [-0.3, -0.25) is 9.69 Å². The van der Waals surface area contributed by atoms with Gasteiger partial charge in [0.25, 0.3) is 6.43 Å². The molecule has 236 valence electrons. The van der Waals surface area contributed by atoms with Crippen LogP contribution in [0.15, 0.2) is 45.6 Å². The van der Waals surface area contributed by atoms with Crippen LogP contribution in [-0.2, 0) is 0 Å². The van der Waals surface area contributed by atoms with Crippen LogP contribution in [0.5, 0.6) is 11.5 Å². The maximum atomic E-state index is 13.5. The summed E-state index contributed by atoms with van der Waals surface area (Å²) in [5, 5.41) is 25.3. The van der Waals surface area contributed by atoms with E-state index in [-0.39, 0.29) is 52.9 Å². The number of phenols is 1. The van der Waals surface area contributed by atoms with E-state index in [9.17, 15) is 28.6 Å². The molecule has 0 bridgehead atoms. The van der Waals surface area contributed by atoms with Gasteiger partial charge < -0.3 is 29.6 Å². The van der Waals surface area contributed by atoms with Crippen LogP contribution in [-0.4, -0.2) is 84.4 Å². The van der Waals surface area contributed by atoms with Crippen molar-refractivity contribution in [2.45, 2.75) is 43.8 Å². The highest BCUT2D eigenvalue weighted by atomic mass is 35.5. The molecule has 2 aliphatic rings. The molecule has 5 rings (SSSR count). The van der Waals surface area contributed by atoms with E-state index in [0.717, 1.165) is 17.5 Å². The van der Waals surface area contributed by atoms with Crippen molar-refractivity contribution in [3.05, 3.63) is 57.2 Å². The second kappa shape index (κ2) is 14.9. The number of likely N-dealkylation sites (N-methyl/N-ethyl adjacent to an activating group) is 1. The number of amides is 1. The first-order valence-electron chi connectivity index (χ1n) is 13.6. The first-order valence-corrected chi connectivity index (χ1v) is 13.9. The third-order valence-electron chi connectivity index (χ3n) is 7.75. The number of aromatic hydroxyl groups is 1. The number of rotatable bonds is 6. The Morgan fingerprint density at radius 3 is 2.65 bits per heavy atom. The summed E-state index contributed by atoms with van der Waals surface area (Å²) in [6, 6.07) is 8.57. The monoisotopic (exact) mass is 663 g/mol. The minimum Gasteiger partial charge on any atom is -0.507 e. The number of piperidine rings is 2. The molecule has 1 aromatic heterocycles. The first kappa shape index (κ1) is 34.8. The molecule has 14 heteroatoms. The maximum Gasteiger partial charge on any atom is 0.415 e. The number of ether oxygens (including phenoxy) is 1. The van der Waals surface area contributed by atoms with E-state index in [1.54, 1.807) is 24.3 Å². The number of hydrogen-bond donors (Lipinski definition) is 3. The van der Waals surface area contributed by atoms with Crippen LogP contribution in [0, 0.1) is 0 Å². The van der Waals surface area contributed by atoms with Gasteiger partial charge in [0.2, 0.25) is 0 Å². The molecular weight excluding hydrogens is 631 g/mol. The number of aliphatic hydroxyl groups excluding tert-OH is 1. The molecule has 0 spiro atoms. The Morgan fingerprint density at radius 1 is 1.26 bits per heavy atom. The number of hydrogen-bond acceptors (Lipinski definition) is 8. The predicted molar refractivity (Wildman–Crippen MR) is 165 cm³/mol. The highest BCUT2D eigenvalue weighted by molar-refractivity contribution is 6.33. The molecule has 1 amide bonds. The molecule has 0 saturated carbocycles. The average molecular weight is 665 g/mol. The van der Waals surface area contributed by atoms with E-state index in [1.807, 2.05) is 11.9 Å². The van der Waals surface area contributed by atoms with Gasteiger partial charge in [-0.1, -0.05) is 23.7 Å². The summed E-state index contributed by atoms with van der Waals surface area (Å²) >= 11 is 6.37. The van der Waals surface area contributed by atoms with Crippen molar-refractivity contribution < 1.29 is 32.9 Å². The van der Waals surface area contributed by atoms with Gasteiger partial charge in [-0.15, -0.1) is 24.8 Å². The average Bonchev–Trinajstić information content (AvgIpc) is 2.93. The van der Waals surface area contributed by atoms with Crippen molar-refractivity contribution >= 4 is 53.5 Å². The predicted octanol–water partition coefficient (Wildman–Crippen LogP) is 5.26. The molecule has 0 aliphatic carbocycles. The number of alkyl halides is 2. The van der Waals surface area contributed by atoms with Gasteiger partial charge in [-0.25, -0.2) is 13.6 Å². The summed E-state index contributed by atoms with van der Waals surface area (Å²) in [6.45, 7) is 1.10. The number of carbonyl (C=O) groups is 1. The lowest BCUT2D eigenvalue weighted by atomic mass is 9.85. The Hall–Kier alpha value is -2.67. The number of nitrogens with zero attached hydrogens (tertiary/aromatic N) is 2. The third kappa shape index (κ3) is 7.53. The van der Waals surface area contributed by atoms with Gasteiger partial charge in [0, 0.05) is 48.3 Å². The van der Waals surface area contributed by atoms with Crippen molar-refractivity contribution in [1.29, 1.82) is 0 Å². The topological polar surface area (TPSA) is 115 Å². The van der Waals surface area contributed by atoms with Crippen molar-refractivity contribution in [2.24, 2.45) is 0 Å². The Labute approximate surface area is 264 Å². The summed E-state index contributed by atoms with van der Waals surface area (Å²) in [7, 11) is 1.85. The van der Waals surface area contributed by atoms with Crippen molar-refractivity contribution in [1.82, 2.24) is 15.1 Å². The fourth-order valence-electron chi connectivity index (χ4n) is 5.74. The smallest absolute Gasteiger partial charge is 0.415 e. The molecule has 0 radical (unpaired) electrons. The molecule has 3 N–H and O–H groups in total. The Balaban J connectivity index is 0.00000253. The van der Waals surface area contributed by atoms with E-state index < -0.39 is 48.3 Å². The van der Waals surface area contributed by atoms with E-state index in [1.165, 1.54) is 6.07 Å². The van der Waals surface area contributed by atoms with Gasteiger partial charge >= 0.3 is 6.09 Å².